The van der Waals surface area contributed by atoms with Crippen LogP contribution < -0.4 is 5.30 Å². The molecule has 1 unspecified atom stereocenters. The van der Waals surface area contributed by atoms with Crippen LogP contribution in [0.4, 0.5) is 43.9 Å². The first kappa shape index (κ1) is 34.4. The van der Waals surface area contributed by atoms with Gasteiger partial charge in [-0.3, -0.25) is 0 Å². The summed E-state index contributed by atoms with van der Waals surface area (Å²) in [5.41, 5.74) is -18.3. The van der Waals surface area contributed by atoms with Gasteiger partial charge < -0.3 is 0 Å². The smallest absolute Gasteiger partial charge is 0.180 e. The molecule has 1 fully saturated rings. The van der Waals surface area contributed by atoms with Crippen LogP contribution in [-0.4, -0.2) is 0 Å². The highest BCUT2D eigenvalue weighted by Gasteiger charge is 2.46. The van der Waals surface area contributed by atoms with E-state index in [4.69, 9.17) is 15.8 Å². The van der Waals surface area contributed by atoms with Crippen molar-refractivity contribution in [3.05, 3.63) is 114 Å². The van der Waals surface area contributed by atoms with Crippen molar-refractivity contribution < 1.29 is 43.9 Å². The van der Waals surface area contributed by atoms with Crippen LogP contribution in [0, 0.1) is 133 Å². The van der Waals surface area contributed by atoms with Gasteiger partial charge in [0.25, 0.3) is 0 Å². The molecule has 0 aromatic heterocycles. The van der Waals surface area contributed by atoms with Gasteiger partial charge in [-0.2, -0.15) is 31.6 Å². The quantitative estimate of drug-likeness (QED) is 0.130. The monoisotopic (exact) mass is 682 g/mol. The molecule has 0 bridgehead atoms. The molecule has 3 aromatic rings. The van der Waals surface area contributed by atoms with E-state index < -0.39 is 136 Å². The van der Waals surface area contributed by atoms with Crippen LogP contribution in [0.15, 0.2) is 16.7 Å². The van der Waals surface area contributed by atoms with Crippen molar-refractivity contribution in [2.45, 2.75) is 6.92 Å². The molecule has 1 aliphatic rings. The lowest BCUT2D eigenvalue weighted by molar-refractivity contribution is 0.447. The van der Waals surface area contributed by atoms with E-state index in [1.807, 2.05) is 0 Å². The number of nitriles is 6. The van der Waals surface area contributed by atoms with E-state index >= 15 is 26.3 Å². The van der Waals surface area contributed by atoms with Crippen molar-refractivity contribution in [1.29, 1.82) is 31.6 Å². The Kier molecular flexibility index (Phi) is 8.89. The van der Waals surface area contributed by atoms with Gasteiger partial charge in [0, 0.05) is 27.6 Å². The highest BCUT2D eigenvalue weighted by molar-refractivity contribution is 7.27. The van der Waals surface area contributed by atoms with Crippen LogP contribution in [-0.2, 0) is 0 Å². The second kappa shape index (κ2) is 12.4. The van der Waals surface area contributed by atoms with Crippen LogP contribution in [0.3, 0.4) is 0 Å². The summed E-state index contributed by atoms with van der Waals surface area (Å²) in [5.74, 6) is -21.7. The van der Waals surface area contributed by atoms with E-state index in [2.05, 4.69) is 0 Å². The van der Waals surface area contributed by atoms with Crippen LogP contribution in [0.2, 0.25) is 0 Å². The van der Waals surface area contributed by atoms with Gasteiger partial charge in [0.05, 0.1) is 39.0 Å². The van der Waals surface area contributed by atoms with Crippen LogP contribution in [0.25, 0.3) is 16.7 Å². The summed E-state index contributed by atoms with van der Waals surface area (Å²) in [5, 5.41) is 56.0. The van der Waals surface area contributed by atoms with Gasteiger partial charge in [0.15, 0.2) is 46.5 Å². The maximum atomic E-state index is 15.5. The third-order valence-corrected chi connectivity index (χ3v) is 7.58. The summed E-state index contributed by atoms with van der Waals surface area (Å²) in [6, 6.07) is 6.64. The molecule has 0 N–H and O–H groups in total. The molecule has 1 atom stereocenters. The average molecular weight is 682 g/mol. The Balaban J connectivity index is 2.38. The molecule has 48 heavy (non-hydrogen) atoms. The Hall–Kier alpha value is -6.45. The predicted octanol–water partition coefficient (Wildman–Crippen LogP) is 6.75. The zero-order valence-electron chi connectivity index (χ0n) is 23.0. The van der Waals surface area contributed by atoms with Gasteiger partial charge in [0.1, 0.15) is 59.2 Å². The second-order valence-corrected chi connectivity index (χ2v) is 9.93. The minimum atomic E-state index is -2.41. The van der Waals surface area contributed by atoms with Crippen LogP contribution >= 0.6 is 9.24 Å². The number of hydrogen-bond acceptors (Lipinski definition) is 6. The molecule has 0 saturated heterocycles. The van der Waals surface area contributed by atoms with E-state index in [9.17, 15) is 33.3 Å². The molecule has 1 saturated carbocycles. The number of benzene rings is 3. The van der Waals surface area contributed by atoms with E-state index in [0.717, 1.165) is 25.1 Å². The first-order chi connectivity index (χ1) is 22.6. The average Bonchev–Trinajstić information content (AvgIpc) is 3.78. The summed E-state index contributed by atoms with van der Waals surface area (Å²) >= 11 is 0. The predicted molar refractivity (Wildman–Crippen MR) is 145 cm³/mol. The van der Waals surface area contributed by atoms with Gasteiger partial charge in [0.2, 0.25) is 0 Å². The highest BCUT2D eigenvalue weighted by Crippen LogP contribution is 2.57. The Morgan fingerprint density at radius 2 is 0.708 bits per heavy atom. The third-order valence-electron chi connectivity index (χ3n) is 7.03. The van der Waals surface area contributed by atoms with E-state index in [1.54, 1.807) is 0 Å². The lowest BCUT2D eigenvalue weighted by Crippen LogP contribution is -2.14. The third kappa shape index (κ3) is 4.72. The molecular weight excluding hydrogens is 677 g/mol. The Bertz CT molecular complexity index is 2070. The fraction of sp³-hybridized carbons (Fsp3) is 0.0323. The molecule has 4 rings (SSSR count). The maximum Gasteiger partial charge on any atom is 0.180 e. The number of nitrogens with zero attached hydrogens (tertiary/aromatic N) is 6. The Morgan fingerprint density at radius 1 is 0.417 bits per heavy atom. The fourth-order valence-electron chi connectivity index (χ4n) is 4.73. The summed E-state index contributed by atoms with van der Waals surface area (Å²) in [7, 11) is 1.53. The van der Waals surface area contributed by atoms with Crippen molar-refractivity contribution in [2.24, 2.45) is 0 Å². The molecule has 0 aliphatic heterocycles. The molecule has 17 heteroatoms. The van der Waals surface area contributed by atoms with E-state index in [-0.39, 0.29) is 0 Å². The normalized spacial score (nSPS) is 14.9. The van der Waals surface area contributed by atoms with Crippen molar-refractivity contribution >= 4 is 31.3 Å². The summed E-state index contributed by atoms with van der Waals surface area (Å²) in [6.07, 6.45) is 0. The van der Waals surface area contributed by atoms with E-state index in [0.29, 0.717) is 0 Å². The minimum absolute atomic E-state index is 0.763. The molecular formula is C31H5F10N6P. The number of rotatable bonds is 3. The van der Waals surface area contributed by atoms with Crippen LogP contribution in [0.5, 0.6) is 0 Å². The minimum Gasteiger partial charge on any atom is -0.206 e. The molecule has 1 aliphatic carbocycles. The summed E-state index contributed by atoms with van der Waals surface area (Å²) in [4.78, 5) is 0. The van der Waals surface area contributed by atoms with Gasteiger partial charge >= 0.3 is 0 Å². The van der Waals surface area contributed by atoms with Gasteiger partial charge in [-0.05, 0) is 6.92 Å². The Morgan fingerprint density at radius 3 is 1.04 bits per heavy atom. The lowest BCUT2D eigenvalue weighted by Gasteiger charge is -2.10. The standard InChI is InChI=1S/C31H5F10N6P/c1-8-9(2-42)22(33)26(37)18(21(8)32)10(3-43)15-16(11(4-44)19-27(38)23(34)13(6-46)24(35)28(19)39)17(15)12(5-45)20-29(40)25(36)14(7-47)31(48)30(20)41/h48H2,1H3. The summed E-state index contributed by atoms with van der Waals surface area (Å²) in [6.45, 7) is 0.763. The van der Waals surface area contributed by atoms with E-state index in [1.165, 1.54) is 27.4 Å². The molecule has 6 nitrogen and oxygen atoms in total. The molecule has 234 valence electrons. The highest BCUT2D eigenvalue weighted by atomic mass is 31.0. The van der Waals surface area contributed by atoms with Crippen molar-refractivity contribution in [3.63, 3.8) is 0 Å². The van der Waals surface area contributed by atoms with Crippen molar-refractivity contribution in [1.82, 2.24) is 0 Å². The van der Waals surface area contributed by atoms with Gasteiger partial charge in [-0.25, -0.2) is 43.9 Å². The lowest BCUT2D eigenvalue weighted by atomic mass is 9.96. The van der Waals surface area contributed by atoms with Gasteiger partial charge in [-0.15, -0.1) is 9.24 Å². The molecule has 0 amide bonds. The topological polar surface area (TPSA) is 143 Å². The zero-order valence-corrected chi connectivity index (χ0v) is 24.2. The molecule has 3 aromatic carbocycles. The second-order valence-electron chi connectivity index (χ2n) is 9.35. The fourth-order valence-corrected chi connectivity index (χ4v) is 5.07. The van der Waals surface area contributed by atoms with Crippen molar-refractivity contribution in [3.8, 4) is 36.4 Å². The Labute approximate surface area is 264 Å². The SMILES string of the molecule is Cc1c(F)c(C(C#N)=C2C(=C(C#N)c3c(F)c(F)c(C#N)c(F)c3F)C2=C(C#N)c2c(F)c(F)c(C#N)c(P)c2F)c(F)c(F)c1C#N. The molecule has 0 heterocycles. The van der Waals surface area contributed by atoms with Gasteiger partial charge in [-0.1, -0.05) is 0 Å². The number of halogens is 10. The van der Waals surface area contributed by atoms with Crippen LogP contribution in [0.1, 0.15) is 38.9 Å². The maximum absolute atomic E-state index is 15.5. The largest absolute Gasteiger partial charge is 0.206 e. The molecule has 0 radical (unpaired) electrons. The summed E-state index contributed by atoms with van der Waals surface area (Å²) < 4.78 is 150. The first-order valence-corrected chi connectivity index (χ1v) is 12.8. The van der Waals surface area contributed by atoms with Crippen molar-refractivity contribution in [2.75, 3.05) is 0 Å². The number of hydrogen-bond donors (Lipinski definition) is 0. The zero-order chi connectivity index (χ0) is 36.1. The number of allylic oxidation sites excluding steroid dienone is 6. The first-order valence-electron chi connectivity index (χ1n) is 12.3. The molecule has 0 spiro atoms.